The largest absolute Gasteiger partial charge is 0.438 e. The summed E-state index contributed by atoms with van der Waals surface area (Å²) in [5.74, 6) is 1.68. The lowest BCUT2D eigenvalue weighted by atomic mass is 9.95. The van der Waals surface area contributed by atoms with Crippen molar-refractivity contribution in [3.8, 4) is 11.6 Å². The number of imidazole rings is 1. The van der Waals surface area contributed by atoms with E-state index in [0.717, 1.165) is 10.8 Å². The summed E-state index contributed by atoms with van der Waals surface area (Å²) in [7, 11) is 0. The molecule has 8 heteroatoms. The standard InChI is InChI=1S/C22H23N5O2S/c1-14-10-11-30-20(14)25-17-13-27-18(24-17)8-9-19(26-27)29-16-7-5-6-15(12-16)23-21(28)22(2,3)4/h5-13,25H,1-4H3,(H,23,28). The molecule has 0 aliphatic carbocycles. The summed E-state index contributed by atoms with van der Waals surface area (Å²) in [5, 5.41) is 13.8. The molecule has 4 rings (SSSR count). The molecule has 0 aliphatic rings. The minimum atomic E-state index is -0.474. The number of hydrogen-bond acceptors (Lipinski definition) is 6. The number of aromatic nitrogens is 3. The van der Waals surface area contributed by atoms with Gasteiger partial charge in [-0.1, -0.05) is 26.8 Å². The molecule has 0 saturated carbocycles. The zero-order valence-corrected chi connectivity index (χ0v) is 18.1. The summed E-state index contributed by atoms with van der Waals surface area (Å²) < 4.78 is 7.57. The molecule has 0 saturated heterocycles. The van der Waals surface area contributed by atoms with E-state index in [-0.39, 0.29) is 5.91 Å². The molecule has 30 heavy (non-hydrogen) atoms. The van der Waals surface area contributed by atoms with Crippen LogP contribution in [-0.2, 0) is 4.79 Å². The van der Waals surface area contributed by atoms with Gasteiger partial charge in [-0.05, 0) is 42.1 Å². The molecule has 0 spiro atoms. The molecule has 154 valence electrons. The monoisotopic (exact) mass is 421 g/mol. The Morgan fingerprint density at radius 3 is 2.73 bits per heavy atom. The van der Waals surface area contributed by atoms with E-state index in [0.29, 0.717) is 23.0 Å². The summed E-state index contributed by atoms with van der Waals surface area (Å²) in [4.78, 5) is 16.7. The molecule has 3 heterocycles. The fraction of sp³-hybridized carbons (Fsp3) is 0.227. The van der Waals surface area contributed by atoms with Gasteiger partial charge in [-0.25, -0.2) is 9.50 Å². The van der Waals surface area contributed by atoms with Crippen molar-refractivity contribution in [3.05, 3.63) is 59.6 Å². The van der Waals surface area contributed by atoms with Gasteiger partial charge < -0.3 is 15.4 Å². The van der Waals surface area contributed by atoms with Crippen LogP contribution in [0.3, 0.4) is 0 Å². The van der Waals surface area contributed by atoms with Crippen molar-refractivity contribution < 1.29 is 9.53 Å². The number of amides is 1. The molecule has 0 atom stereocenters. The number of ether oxygens (including phenoxy) is 1. The highest BCUT2D eigenvalue weighted by atomic mass is 32.1. The van der Waals surface area contributed by atoms with Gasteiger partial charge in [0.25, 0.3) is 0 Å². The van der Waals surface area contributed by atoms with Gasteiger partial charge in [0.05, 0.1) is 11.2 Å². The lowest BCUT2D eigenvalue weighted by Crippen LogP contribution is -2.27. The van der Waals surface area contributed by atoms with E-state index in [2.05, 4.69) is 33.7 Å². The highest BCUT2D eigenvalue weighted by Crippen LogP contribution is 2.27. The Hall–Kier alpha value is -3.39. The second-order valence-corrected chi connectivity index (χ2v) is 8.91. The van der Waals surface area contributed by atoms with Crippen molar-refractivity contribution in [1.82, 2.24) is 14.6 Å². The quantitative estimate of drug-likeness (QED) is 0.437. The van der Waals surface area contributed by atoms with E-state index in [9.17, 15) is 4.79 Å². The average Bonchev–Trinajstić information content (AvgIpc) is 3.27. The number of benzene rings is 1. The van der Waals surface area contributed by atoms with E-state index in [4.69, 9.17) is 4.74 Å². The molecule has 4 aromatic rings. The topological polar surface area (TPSA) is 80.5 Å². The number of fused-ring (bicyclic) bond motifs is 1. The first-order valence-corrected chi connectivity index (χ1v) is 10.4. The van der Waals surface area contributed by atoms with Crippen LogP contribution in [0.2, 0.25) is 0 Å². The predicted octanol–water partition coefficient (Wildman–Crippen LogP) is 5.62. The summed E-state index contributed by atoms with van der Waals surface area (Å²) in [6.07, 6.45) is 1.82. The number of carbonyl (C=O) groups is 1. The molecule has 1 amide bonds. The normalized spacial score (nSPS) is 11.5. The fourth-order valence-corrected chi connectivity index (χ4v) is 3.50. The Labute approximate surface area is 178 Å². The number of anilines is 3. The van der Waals surface area contributed by atoms with Crippen LogP contribution in [0.25, 0.3) is 5.65 Å². The molecule has 0 aliphatic heterocycles. The number of hydrogen-bond donors (Lipinski definition) is 2. The maximum Gasteiger partial charge on any atom is 0.237 e. The zero-order chi connectivity index (χ0) is 21.3. The molecular formula is C22H23N5O2S. The Bertz CT molecular complexity index is 1210. The van der Waals surface area contributed by atoms with E-state index in [1.165, 1.54) is 5.56 Å². The third kappa shape index (κ3) is 4.44. The van der Waals surface area contributed by atoms with Gasteiger partial charge in [-0.2, -0.15) is 0 Å². The minimum absolute atomic E-state index is 0.0568. The van der Waals surface area contributed by atoms with Crippen LogP contribution in [0.15, 0.2) is 54.0 Å². The van der Waals surface area contributed by atoms with Crippen LogP contribution in [0.1, 0.15) is 26.3 Å². The number of rotatable bonds is 5. The van der Waals surface area contributed by atoms with Gasteiger partial charge in [0.15, 0.2) is 11.5 Å². The van der Waals surface area contributed by atoms with E-state index >= 15 is 0 Å². The fourth-order valence-electron chi connectivity index (χ4n) is 2.67. The van der Waals surface area contributed by atoms with Crippen molar-refractivity contribution in [2.24, 2.45) is 5.41 Å². The smallest absolute Gasteiger partial charge is 0.237 e. The average molecular weight is 422 g/mol. The van der Waals surface area contributed by atoms with Crippen LogP contribution in [0, 0.1) is 12.3 Å². The molecule has 2 N–H and O–H groups in total. The predicted molar refractivity (Wildman–Crippen MR) is 120 cm³/mol. The van der Waals surface area contributed by atoms with Gasteiger partial charge in [-0.3, -0.25) is 4.79 Å². The zero-order valence-electron chi connectivity index (χ0n) is 17.3. The van der Waals surface area contributed by atoms with E-state index < -0.39 is 5.41 Å². The second kappa shape index (κ2) is 7.79. The van der Waals surface area contributed by atoms with Gasteiger partial charge in [0, 0.05) is 23.2 Å². The number of carbonyl (C=O) groups excluding carboxylic acids is 1. The molecular weight excluding hydrogens is 398 g/mol. The van der Waals surface area contributed by atoms with Crippen molar-refractivity contribution in [2.75, 3.05) is 10.6 Å². The van der Waals surface area contributed by atoms with Crippen molar-refractivity contribution in [1.29, 1.82) is 0 Å². The lowest BCUT2D eigenvalue weighted by Gasteiger charge is -2.18. The Morgan fingerprint density at radius 2 is 2.00 bits per heavy atom. The molecule has 0 unspecified atom stereocenters. The molecule has 0 bridgehead atoms. The Kier molecular flexibility index (Phi) is 5.17. The molecule has 0 fully saturated rings. The van der Waals surface area contributed by atoms with Crippen LogP contribution in [-0.4, -0.2) is 20.5 Å². The van der Waals surface area contributed by atoms with Crippen LogP contribution < -0.4 is 15.4 Å². The maximum atomic E-state index is 12.2. The van der Waals surface area contributed by atoms with E-state index in [1.807, 2.05) is 56.6 Å². The summed E-state index contributed by atoms with van der Waals surface area (Å²) in [6.45, 7) is 7.67. The van der Waals surface area contributed by atoms with Gasteiger partial charge >= 0.3 is 0 Å². The first-order valence-electron chi connectivity index (χ1n) is 9.55. The van der Waals surface area contributed by atoms with Crippen molar-refractivity contribution in [3.63, 3.8) is 0 Å². The van der Waals surface area contributed by atoms with Gasteiger partial charge in [0.1, 0.15) is 5.75 Å². The molecule has 7 nitrogen and oxygen atoms in total. The second-order valence-electron chi connectivity index (χ2n) is 7.99. The highest BCUT2D eigenvalue weighted by molar-refractivity contribution is 7.14. The van der Waals surface area contributed by atoms with Crippen LogP contribution in [0.5, 0.6) is 11.6 Å². The van der Waals surface area contributed by atoms with E-state index in [1.54, 1.807) is 28.0 Å². The minimum Gasteiger partial charge on any atom is -0.438 e. The highest BCUT2D eigenvalue weighted by Gasteiger charge is 2.21. The molecule has 3 aromatic heterocycles. The number of aryl methyl sites for hydroxylation is 1. The van der Waals surface area contributed by atoms with Gasteiger partial charge in [0.2, 0.25) is 11.8 Å². The first-order chi connectivity index (χ1) is 14.3. The maximum absolute atomic E-state index is 12.2. The summed E-state index contributed by atoms with van der Waals surface area (Å²) in [5.41, 5.74) is 2.09. The molecule has 1 aromatic carbocycles. The Balaban J connectivity index is 1.51. The van der Waals surface area contributed by atoms with Crippen molar-refractivity contribution in [2.45, 2.75) is 27.7 Å². The third-order valence-corrected chi connectivity index (χ3v) is 5.33. The SMILES string of the molecule is Cc1ccsc1Nc1cn2nc(Oc3cccc(NC(=O)C(C)(C)C)c3)ccc2n1. The first kappa shape index (κ1) is 19.9. The van der Waals surface area contributed by atoms with Gasteiger partial charge in [-0.15, -0.1) is 16.4 Å². The number of thiophene rings is 1. The number of nitrogens with zero attached hydrogens (tertiary/aromatic N) is 3. The lowest BCUT2D eigenvalue weighted by molar-refractivity contribution is -0.123. The van der Waals surface area contributed by atoms with Crippen molar-refractivity contribution >= 4 is 39.4 Å². The summed E-state index contributed by atoms with van der Waals surface area (Å²) >= 11 is 1.63. The van der Waals surface area contributed by atoms with Crippen LogP contribution >= 0.6 is 11.3 Å². The summed E-state index contributed by atoms with van der Waals surface area (Å²) in [6, 6.07) is 12.9. The third-order valence-electron chi connectivity index (χ3n) is 4.39. The molecule has 0 radical (unpaired) electrons. The number of nitrogens with one attached hydrogen (secondary N) is 2. The van der Waals surface area contributed by atoms with Crippen LogP contribution in [0.4, 0.5) is 16.5 Å². The Morgan fingerprint density at radius 1 is 1.17 bits per heavy atom.